The van der Waals surface area contributed by atoms with Gasteiger partial charge in [-0.3, -0.25) is 0 Å². The summed E-state index contributed by atoms with van der Waals surface area (Å²) < 4.78 is 6.14. The third kappa shape index (κ3) is 3.25. The summed E-state index contributed by atoms with van der Waals surface area (Å²) in [7, 11) is -1.36. The SMILES string of the molecule is C[C@@]1(O[Si](C)(C)C)CCCNC1. The summed E-state index contributed by atoms with van der Waals surface area (Å²) in [6.45, 7) is 11.2. The van der Waals surface area contributed by atoms with E-state index in [2.05, 4.69) is 31.9 Å². The first-order chi connectivity index (χ1) is 5.41. The van der Waals surface area contributed by atoms with Crippen molar-refractivity contribution in [2.45, 2.75) is 45.0 Å². The van der Waals surface area contributed by atoms with Crippen LogP contribution in [-0.4, -0.2) is 27.0 Å². The summed E-state index contributed by atoms with van der Waals surface area (Å²) in [5.74, 6) is 0. The van der Waals surface area contributed by atoms with Gasteiger partial charge in [0.1, 0.15) is 0 Å². The lowest BCUT2D eigenvalue weighted by molar-refractivity contribution is 0.0538. The van der Waals surface area contributed by atoms with Gasteiger partial charge in [0.25, 0.3) is 0 Å². The standard InChI is InChI=1S/C9H21NOSi/c1-9(11-12(2,3)4)6-5-7-10-8-9/h10H,5-8H2,1-4H3/t9-/m1/s1. The van der Waals surface area contributed by atoms with E-state index >= 15 is 0 Å². The second kappa shape index (κ2) is 3.48. The van der Waals surface area contributed by atoms with Gasteiger partial charge in [-0.2, -0.15) is 0 Å². The Morgan fingerprint density at radius 2 is 2.00 bits per heavy atom. The molecule has 0 amide bonds. The fourth-order valence-electron chi connectivity index (χ4n) is 1.85. The molecule has 1 aliphatic rings. The maximum Gasteiger partial charge on any atom is 0.184 e. The third-order valence-corrected chi connectivity index (χ3v) is 3.22. The molecule has 0 aromatic rings. The monoisotopic (exact) mass is 187 g/mol. The van der Waals surface area contributed by atoms with E-state index in [1.54, 1.807) is 0 Å². The van der Waals surface area contributed by atoms with Crippen LogP contribution in [0.2, 0.25) is 19.6 Å². The zero-order chi connectivity index (χ0) is 9.24. The highest BCUT2D eigenvalue weighted by molar-refractivity contribution is 6.69. The van der Waals surface area contributed by atoms with Crippen LogP contribution < -0.4 is 5.32 Å². The number of hydrogen-bond acceptors (Lipinski definition) is 2. The van der Waals surface area contributed by atoms with Gasteiger partial charge in [0.15, 0.2) is 8.32 Å². The third-order valence-electron chi connectivity index (χ3n) is 2.11. The highest BCUT2D eigenvalue weighted by atomic mass is 28.4. The first kappa shape index (κ1) is 10.2. The van der Waals surface area contributed by atoms with E-state index in [0.29, 0.717) is 0 Å². The summed E-state index contributed by atoms with van der Waals surface area (Å²) in [4.78, 5) is 0. The van der Waals surface area contributed by atoms with Crippen LogP contribution in [0.3, 0.4) is 0 Å². The Morgan fingerprint density at radius 1 is 1.33 bits per heavy atom. The first-order valence-corrected chi connectivity index (χ1v) is 8.23. The lowest BCUT2D eigenvalue weighted by atomic mass is 9.97. The molecule has 1 aliphatic heterocycles. The molecule has 0 spiro atoms. The second-order valence-electron chi connectivity index (χ2n) is 4.94. The van der Waals surface area contributed by atoms with Gasteiger partial charge >= 0.3 is 0 Å². The summed E-state index contributed by atoms with van der Waals surface area (Å²) in [6.07, 6.45) is 2.46. The highest BCUT2D eigenvalue weighted by Gasteiger charge is 2.32. The topological polar surface area (TPSA) is 21.3 Å². The molecule has 2 nitrogen and oxygen atoms in total. The maximum atomic E-state index is 6.14. The number of nitrogens with one attached hydrogen (secondary N) is 1. The van der Waals surface area contributed by atoms with Crippen LogP contribution in [0, 0.1) is 0 Å². The molecular weight excluding hydrogens is 166 g/mol. The van der Waals surface area contributed by atoms with Gasteiger partial charge in [0, 0.05) is 6.54 Å². The van der Waals surface area contributed by atoms with Crippen LogP contribution in [0.15, 0.2) is 0 Å². The summed E-state index contributed by atoms with van der Waals surface area (Å²) in [5, 5.41) is 3.40. The number of piperidine rings is 1. The van der Waals surface area contributed by atoms with Crippen LogP contribution in [0.4, 0.5) is 0 Å². The van der Waals surface area contributed by atoms with Gasteiger partial charge in [-0.05, 0) is 46.0 Å². The van der Waals surface area contributed by atoms with Crippen LogP contribution in [-0.2, 0) is 4.43 Å². The molecule has 0 unspecified atom stereocenters. The minimum atomic E-state index is -1.36. The Hall–Kier alpha value is 0.137. The molecule has 1 heterocycles. The summed E-state index contributed by atoms with van der Waals surface area (Å²) >= 11 is 0. The maximum absolute atomic E-state index is 6.14. The summed E-state index contributed by atoms with van der Waals surface area (Å²) in [5.41, 5.74) is 0.114. The van der Waals surface area contributed by atoms with Crippen molar-refractivity contribution in [2.75, 3.05) is 13.1 Å². The fraction of sp³-hybridized carbons (Fsp3) is 1.00. The van der Waals surface area contributed by atoms with Crippen molar-refractivity contribution in [2.24, 2.45) is 0 Å². The van der Waals surface area contributed by atoms with Crippen molar-refractivity contribution in [1.29, 1.82) is 0 Å². The van der Waals surface area contributed by atoms with E-state index in [0.717, 1.165) is 13.1 Å². The lowest BCUT2D eigenvalue weighted by Gasteiger charge is -2.39. The molecule has 1 saturated heterocycles. The van der Waals surface area contributed by atoms with E-state index in [4.69, 9.17) is 4.43 Å². The average Bonchev–Trinajstić information content (AvgIpc) is 1.83. The van der Waals surface area contributed by atoms with Crippen LogP contribution in [0.25, 0.3) is 0 Å². The second-order valence-corrected chi connectivity index (χ2v) is 9.37. The molecule has 0 aromatic carbocycles. The van der Waals surface area contributed by atoms with Gasteiger partial charge < -0.3 is 9.74 Å². The molecule has 1 fully saturated rings. The van der Waals surface area contributed by atoms with Gasteiger partial charge in [0.05, 0.1) is 5.60 Å². The molecule has 0 bridgehead atoms. The predicted molar refractivity (Wildman–Crippen MR) is 54.9 cm³/mol. The zero-order valence-electron chi connectivity index (χ0n) is 8.74. The van der Waals surface area contributed by atoms with Crippen molar-refractivity contribution in [3.63, 3.8) is 0 Å². The normalized spacial score (nSPS) is 32.0. The molecule has 72 valence electrons. The molecule has 1 N–H and O–H groups in total. The van der Waals surface area contributed by atoms with E-state index < -0.39 is 8.32 Å². The van der Waals surface area contributed by atoms with Gasteiger partial charge in [-0.25, -0.2) is 0 Å². The Labute approximate surface area is 76.8 Å². The molecule has 0 radical (unpaired) electrons. The largest absolute Gasteiger partial charge is 0.411 e. The van der Waals surface area contributed by atoms with Crippen LogP contribution in [0.5, 0.6) is 0 Å². The Balaban J connectivity index is 2.47. The van der Waals surface area contributed by atoms with Gasteiger partial charge in [-0.15, -0.1) is 0 Å². The van der Waals surface area contributed by atoms with Crippen molar-refractivity contribution in [1.82, 2.24) is 5.32 Å². The molecule has 0 aromatic heterocycles. The molecule has 0 saturated carbocycles. The molecule has 1 rings (SSSR count). The minimum Gasteiger partial charge on any atom is -0.411 e. The van der Waals surface area contributed by atoms with E-state index in [9.17, 15) is 0 Å². The quantitative estimate of drug-likeness (QED) is 0.668. The first-order valence-electron chi connectivity index (χ1n) is 4.82. The minimum absolute atomic E-state index is 0.114. The van der Waals surface area contributed by atoms with Crippen LogP contribution >= 0.6 is 0 Å². The average molecular weight is 187 g/mol. The van der Waals surface area contributed by atoms with Crippen molar-refractivity contribution < 1.29 is 4.43 Å². The predicted octanol–water partition coefficient (Wildman–Crippen LogP) is 1.98. The lowest BCUT2D eigenvalue weighted by Crippen LogP contribution is -2.50. The molecule has 1 atom stereocenters. The Morgan fingerprint density at radius 3 is 2.42 bits per heavy atom. The van der Waals surface area contributed by atoms with Gasteiger partial charge in [-0.1, -0.05) is 0 Å². The number of hydrogen-bond donors (Lipinski definition) is 1. The Bertz CT molecular complexity index is 147. The highest BCUT2D eigenvalue weighted by Crippen LogP contribution is 2.24. The summed E-state index contributed by atoms with van der Waals surface area (Å²) in [6, 6.07) is 0. The van der Waals surface area contributed by atoms with E-state index in [1.165, 1.54) is 12.8 Å². The molecule has 12 heavy (non-hydrogen) atoms. The number of rotatable bonds is 2. The Kier molecular flexibility index (Phi) is 2.96. The molecular formula is C9H21NOSi. The van der Waals surface area contributed by atoms with Crippen molar-refractivity contribution in [3.05, 3.63) is 0 Å². The molecule has 0 aliphatic carbocycles. The van der Waals surface area contributed by atoms with Gasteiger partial charge in [0.2, 0.25) is 0 Å². The van der Waals surface area contributed by atoms with E-state index in [1.807, 2.05) is 0 Å². The fourth-order valence-corrected chi connectivity index (χ4v) is 3.51. The van der Waals surface area contributed by atoms with Crippen molar-refractivity contribution in [3.8, 4) is 0 Å². The van der Waals surface area contributed by atoms with Crippen molar-refractivity contribution >= 4 is 8.32 Å². The molecule has 3 heteroatoms. The van der Waals surface area contributed by atoms with E-state index in [-0.39, 0.29) is 5.60 Å². The zero-order valence-corrected chi connectivity index (χ0v) is 9.74. The smallest absolute Gasteiger partial charge is 0.184 e. The van der Waals surface area contributed by atoms with Crippen LogP contribution in [0.1, 0.15) is 19.8 Å².